The van der Waals surface area contributed by atoms with Crippen LogP contribution < -0.4 is 10.1 Å². The van der Waals surface area contributed by atoms with Gasteiger partial charge in [-0.3, -0.25) is 4.79 Å². The van der Waals surface area contributed by atoms with Crippen molar-refractivity contribution in [2.45, 2.75) is 20.8 Å². The second-order valence-electron chi connectivity index (χ2n) is 5.29. The minimum atomic E-state index is -0.0878. The number of nitrogens with one attached hydrogen (secondary N) is 2. The van der Waals surface area contributed by atoms with Crippen molar-refractivity contribution in [3.63, 3.8) is 0 Å². The number of anilines is 1. The lowest BCUT2D eigenvalue weighted by atomic mass is 10.2. The fourth-order valence-electron chi connectivity index (χ4n) is 2.52. The Hall–Kier alpha value is -2.27. The van der Waals surface area contributed by atoms with E-state index in [0.717, 1.165) is 37.8 Å². The summed E-state index contributed by atoms with van der Waals surface area (Å²) in [5.74, 6) is 0.679. The molecule has 0 spiro atoms. The van der Waals surface area contributed by atoms with Crippen LogP contribution in [0.1, 0.15) is 26.5 Å². The molecule has 0 fully saturated rings. The Bertz CT molecular complexity index is 844. The maximum atomic E-state index is 12.6. The summed E-state index contributed by atoms with van der Waals surface area (Å²) in [4.78, 5) is 17.0. The van der Waals surface area contributed by atoms with Crippen molar-refractivity contribution in [3.05, 3.63) is 46.0 Å². The lowest BCUT2D eigenvalue weighted by molar-refractivity contribution is 0.102. The molecule has 0 aliphatic rings. The number of hydrogen-bond acceptors (Lipinski definition) is 3. The van der Waals surface area contributed by atoms with Gasteiger partial charge in [-0.1, -0.05) is 0 Å². The van der Waals surface area contributed by atoms with Gasteiger partial charge in [0.2, 0.25) is 0 Å². The number of methoxy groups -OCH3 is 1. The molecular weight excluding hydrogens is 296 g/mol. The van der Waals surface area contributed by atoms with E-state index in [9.17, 15) is 4.79 Å². The number of carbonyl (C=O) groups is 1. The molecule has 1 aromatic carbocycles. The average Bonchev–Trinajstić information content (AvgIpc) is 2.96. The SMILES string of the molecule is COc1ccc(NC(=O)c2c(C)sc3c(C)c(C)[nH]c23)cc1. The Morgan fingerprint density at radius 2 is 1.86 bits per heavy atom. The molecule has 0 unspecified atom stereocenters. The van der Waals surface area contributed by atoms with Crippen molar-refractivity contribution in [3.8, 4) is 5.75 Å². The second-order valence-corrected chi connectivity index (χ2v) is 6.52. The first-order valence-electron chi connectivity index (χ1n) is 7.05. The predicted molar refractivity (Wildman–Crippen MR) is 91.3 cm³/mol. The number of fused-ring (bicyclic) bond motifs is 1. The third-order valence-electron chi connectivity index (χ3n) is 3.87. The van der Waals surface area contributed by atoms with Gasteiger partial charge in [-0.25, -0.2) is 0 Å². The van der Waals surface area contributed by atoms with Gasteiger partial charge in [0.25, 0.3) is 5.91 Å². The highest BCUT2D eigenvalue weighted by Crippen LogP contribution is 2.34. The van der Waals surface area contributed by atoms with Gasteiger partial charge < -0.3 is 15.0 Å². The van der Waals surface area contributed by atoms with E-state index in [1.807, 2.05) is 38.1 Å². The Kier molecular flexibility index (Phi) is 3.66. The number of H-pyrrole nitrogens is 1. The molecule has 0 aliphatic carbocycles. The Morgan fingerprint density at radius 1 is 1.18 bits per heavy atom. The van der Waals surface area contributed by atoms with Crippen molar-refractivity contribution < 1.29 is 9.53 Å². The van der Waals surface area contributed by atoms with Gasteiger partial charge >= 0.3 is 0 Å². The Balaban J connectivity index is 1.94. The van der Waals surface area contributed by atoms with Gasteiger partial charge in [-0.05, 0) is 50.6 Å². The van der Waals surface area contributed by atoms with Crippen molar-refractivity contribution in [2.75, 3.05) is 12.4 Å². The summed E-state index contributed by atoms with van der Waals surface area (Å²) in [5, 5.41) is 2.95. The first-order chi connectivity index (χ1) is 10.5. The van der Waals surface area contributed by atoms with Crippen LogP contribution in [-0.2, 0) is 0 Å². The Morgan fingerprint density at radius 3 is 2.50 bits per heavy atom. The van der Waals surface area contributed by atoms with Gasteiger partial charge in [0.05, 0.1) is 22.9 Å². The molecule has 4 nitrogen and oxygen atoms in total. The van der Waals surface area contributed by atoms with E-state index in [2.05, 4.69) is 17.2 Å². The smallest absolute Gasteiger partial charge is 0.258 e. The topological polar surface area (TPSA) is 54.1 Å². The lowest BCUT2D eigenvalue weighted by Crippen LogP contribution is -2.12. The summed E-state index contributed by atoms with van der Waals surface area (Å²) >= 11 is 1.66. The lowest BCUT2D eigenvalue weighted by Gasteiger charge is -2.06. The zero-order chi connectivity index (χ0) is 15.9. The molecule has 2 aromatic heterocycles. The predicted octanol–water partition coefficient (Wildman–Crippen LogP) is 4.42. The van der Waals surface area contributed by atoms with Crippen molar-refractivity contribution in [2.24, 2.45) is 0 Å². The number of rotatable bonds is 3. The number of amides is 1. The molecule has 3 aromatic rings. The molecule has 2 N–H and O–H groups in total. The minimum absolute atomic E-state index is 0.0878. The molecule has 5 heteroatoms. The summed E-state index contributed by atoms with van der Waals surface area (Å²) in [6, 6.07) is 7.32. The molecule has 0 saturated heterocycles. The van der Waals surface area contributed by atoms with Crippen LogP contribution in [0.4, 0.5) is 5.69 Å². The summed E-state index contributed by atoms with van der Waals surface area (Å²) in [5.41, 5.74) is 4.74. The van der Waals surface area contributed by atoms with Crippen LogP contribution in [0.2, 0.25) is 0 Å². The quantitative estimate of drug-likeness (QED) is 0.752. The fourth-order valence-corrected chi connectivity index (χ4v) is 3.69. The molecule has 114 valence electrons. The highest BCUT2D eigenvalue weighted by atomic mass is 32.1. The van der Waals surface area contributed by atoms with Gasteiger partial charge in [0, 0.05) is 16.3 Å². The molecule has 22 heavy (non-hydrogen) atoms. The molecule has 2 heterocycles. The van der Waals surface area contributed by atoms with Crippen molar-refractivity contribution >= 4 is 33.1 Å². The molecule has 1 amide bonds. The van der Waals surface area contributed by atoms with Crippen LogP contribution in [0.25, 0.3) is 10.2 Å². The van der Waals surface area contributed by atoms with E-state index < -0.39 is 0 Å². The zero-order valence-corrected chi connectivity index (χ0v) is 13.9. The summed E-state index contributed by atoms with van der Waals surface area (Å²) < 4.78 is 6.28. The van der Waals surface area contributed by atoms with Crippen LogP contribution in [-0.4, -0.2) is 18.0 Å². The van der Waals surface area contributed by atoms with E-state index in [4.69, 9.17) is 4.74 Å². The highest BCUT2D eigenvalue weighted by molar-refractivity contribution is 7.19. The number of carbonyl (C=O) groups excluding carboxylic acids is 1. The first-order valence-corrected chi connectivity index (χ1v) is 7.86. The first kappa shape index (κ1) is 14.7. The number of thiophene rings is 1. The number of benzene rings is 1. The third kappa shape index (κ3) is 2.37. The third-order valence-corrected chi connectivity index (χ3v) is 5.10. The molecule has 0 bridgehead atoms. The fraction of sp³-hybridized carbons (Fsp3) is 0.235. The average molecular weight is 314 g/mol. The highest BCUT2D eigenvalue weighted by Gasteiger charge is 2.20. The van der Waals surface area contributed by atoms with E-state index >= 15 is 0 Å². The van der Waals surface area contributed by atoms with E-state index in [1.54, 1.807) is 18.4 Å². The molecule has 0 radical (unpaired) electrons. The summed E-state index contributed by atoms with van der Waals surface area (Å²) in [7, 11) is 1.62. The maximum absolute atomic E-state index is 12.6. The van der Waals surface area contributed by atoms with Crippen molar-refractivity contribution in [1.82, 2.24) is 4.98 Å². The van der Waals surface area contributed by atoms with E-state index in [-0.39, 0.29) is 5.91 Å². The van der Waals surface area contributed by atoms with Crippen LogP contribution in [0, 0.1) is 20.8 Å². The van der Waals surface area contributed by atoms with Crippen LogP contribution in [0.15, 0.2) is 24.3 Å². The number of hydrogen-bond donors (Lipinski definition) is 2. The molecule has 0 atom stereocenters. The van der Waals surface area contributed by atoms with Crippen LogP contribution in [0.5, 0.6) is 5.75 Å². The number of aryl methyl sites for hydroxylation is 3. The van der Waals surface area contributed by atoms with Gasteiger partial charge in [0.1, 0.15) is 5.75 Å². The Labute approximate surface area is 133 Å². The van der Waals surface area contributed by atoms with Crippen LogP contribution in [0.3, 0.4) is 0 Å². The molecular formula is C17H18N2O2S. The van der Waals surface area contributed by atoms with Crippen molar-refractivity contribution in [1.29, 1.82) is 0 Å². The maximum Gasteiger partial charge on any atom is 0.258 e. The molecule has 0 saturated carbocycles. The summed E-state index contributed by atoms with van der Waals surface area (Å²) in [6.45, 7) is 6.09. The van der Waals surface area contributed by atoms with Gasteiger partial charge in [0.15, 0.2) is 0 Å². The second kappa shape index (κ2) is 5.50. The molecule has 0 aliphatic heterocycles. The molecule has 3 rings (SSSR count). The number of aromatic nitrogens is 1. The number of aromatic amines is 1. The van der Waals surface area contributed by atoms with E-state index in [0.29, 0.717) is 0 Å². The zero-order valence-electron chi connectivity index (χ0n) is 13.0. The minimum Gasteiger partial charge on any atom is -0.497 e. The largest absolute Gasteiger partial charge is 0.497 e. The monoisotopic (exact) mass is 314 g/mol. The van der Waals surface area contributed by atoms with Gasteiger partial charge in [-0.2, -0.15) is 0 Å². The van der Waals surface area contributed by atoms with Crippen LogP contribution >= 0.6 is 11.3 Å². The van der Waals surface area contributed by atoms with E-state index in [1.165, 1.54) is 5.56 Å². The number of ether oxygens (including phenoxy) is 1. The van der Waals surface area contributed by atoms with Gasteiger partial charge in [-0.15, -0.1) is 11.3 Å². The normalized spacial score (nSPS) is 10.9. The summed E-state index contributed by atoms with van der Waals surface area (Å²) in [6.07, 6.45) is 0. The standard InChI is InChI=1S/C17H18N2O2S/c1-9-10(2)18-15-14(11(3)22-16(9)15)17(20)19-12-5-7-13(21-4)8-6-12/h5-8,18H,1-4H3,(H,19,20).